The molecule has 3 atom stereocenters. The number of fused-ring (bicyclic) bond motifs is 1. The Balaban J connectivity index is 1.34. The van der Waals surface area contributed by atoms with Crippen LogP contribution in [-0.2, 0) is 9.57 Å². The molecule has 1 aliphatic carbocycles. The summed E-state index contributed by atoms with van der Waals surface area (Å²) in [4.78, 5) is 28.7. The van der Waals surface area contributed by atoms with Crippen molar-refractivity contribution in [3.63, 3.8) is 0 Å². The lowest BCUT2D eigenvalue weighted by Gasteiger charge is -2.44. The highest BCUT2D eigenvalue weighted by molar-refractivity contribution is 5.98. The first-order valence-electron chi connectivity index (χ1n) is 15.0. The fraction of sp³-hybridized carbons (Fsp3) is 0.484. The first-order valence-corrected chi connectivity index (χ1v) is 15.0. The molecule has 220 valence electrons. The summed E-state index contributed by atoms with van der Waals surface area (Å²) in [6.45, 7) is 7.35. The predicted octanol–water partition coefficient (Wildman–Crippen LogP) is 3.82. The number of aliphatic imine (C=N–C) groups is 1. The first kappa shape index (κ1) is 27.2. The Bertz CT molecular complexity index is 1450. The molecule has 7 rings (SSSR count). The summed E-state index contributed by atoms with van der Waals surface area (Å²) in [5.74, 6) is 2.72. The molecule has 3 aromatic rings. The third-order valence-electron chi connectivity index (χ3n) is 8.85. The van der Waals surface area contributed by atoms with Gasteiger partial charge in [0.15, 0.2) is 23.8 Å². The van der Waals surface area contributed by atoms with Gasteiger partial charge in [-0.25, -0.2) is 25.3 Å². The maximum Gasteiger partial charge on any atom is 0.280 e. The van der Waals surface area contributed by atoms with Gasteiger partial charge in [-0.05, 0) is 48.8 Å². The molecule has 11 nitrogen and oxygen atoms in total. The van der Waals surface area contributed by atoms with E-state index in [-0.39, 0.29) is 12.3 Å². The largest absolute Gasteiger partial charge is 0.378 e. The lowest BCUT2D eigenvalue weighted by Crippen LogP contribution is -2.56. The predicted molar refractivity (Wildman–Crippen MR) is 159 cm³/mol. The fourth-order valence-corrected chi connectivity index (χ4v) is 6.63. The van der Waals surface area contributed by atoms with E-state index in [1.807, 2.05) is 19.3 Å². The summed E-state index contributed by atoms with van der Waals surface area (Å²) in [6, 6.07) is 12.8. The average Bonchev–Trinajstić information content (AvgIpc) is 3.62. The number of hydroxylamine groups is 1. The number of ether oxygens (including phenoxy) is 1. The van der Waals surface area contributed by atoms with Gasteiger partial charge in [-0.15, -0.1) is 0 Å². The molecule has 42 heavy (non-hydrogen) atoms. The number of hydrogen-bond acceptors (Lipinski definition) is 11. The number of nitrogens with one attached hydrogen (secondary N) is 2. The molecular formula is C31H38N8O3. The van der Waals surface area contributed by atoms with Crippen LogP contribution in [0.3, 0.4) is 0 Å². The third-order valence-corrected chi connectivity index (χ3v) is 8.85. The lowest BCUT2D eigenvalue weighted by atomic mass is 9.83. The van der Waals surface area contributed by atoms with E-state index in [1.54, 1.807) is 0 Å². The molecule has 2 fully saturated rings. The van der Waals surface area contributed by atoms with Crippen molar-refractivity contribution in [3.8, 4) is 11.3 Å². The maximum absolute atomic E-state index is 9.89. The Labute approximate surface area is 246 Å². The van der Waals surface area contributed by atoms with Crippen LogP contribution in [0, 0.1) is 18.8 Å². The summed E-state index contributed by atoms with van der Waals surface area (Å²) >= 11 is 0. The number of nitrogens with zero attached hydrogens (tertiary/aromatic N) is 6. The Hall–Kier alpha value is -3.64. The Morgan fingerprint density at radius 1 is 1.07 bits per heavy atom. The molecule has 1 saturated heterocycles. The van der Waals surface area contributed by atoms with E-state index in [1.165, 1.54) is 31.2 Å². The van der Waals surface area contributed by atoms with Crippen molar-refractivity contribution in [2.24, 2.45) is 16.8 Å². The molecule has 0 spiro atoms. The van der Waals surface area contributed by atoms with Crippen LogP contribution in [0.25, 0.3) is 11.3 Å². The number of hydrogen-bond donors (Lipinski definition) is 3. The molecule has 11 heteroatoms. The normalized spacial score (nSPS) is 27.7. The van der Waals surface area contributed by atoms with Gasteiger partial charge in [-0.1, -0.05) is 50.1 Å². The fourth-order valence-electron chi connectivity index (χ4n) is 6.63. The van der Waals surface area contributed by atoms with Crippen LogP contribution in [0.5, 0.6) is 0 Å². The summed E-state index contributed by atoms with van der Waals surface area (Å²) < 4.78 is 6.02. The number of benzene rings is 1. The van der Waals surface area contributed by atoms with Crippen LogP contribution in [0.2, 0.25) is 0 Å². The number of amidine groups is 1. The van der Waals surface area contributed by atoms with E-state index in [2.05, 4.69) is 73.9 Å². The van der Waals surface area contributed by atoms with Gasteiger partial charge in [-0.3, -0.25) is 9.88 Å². The molecule has 1 saturated carbocycles. The maximum atomic E-state index is 9.89. The second-order valence-electron chi connectivity index (χ2n) is 11.9. The van der Waals surface area contributed by atoms with Crippen LogP contribution in [0.15, 0.2) is 53.8 Å². The van der Waals surface area contributed by atoms with E-state index in [0.29, 0.717) is 30.8 Å². The van der Waals surface area contributed by atoms with Gasteiger partial charge in [-0.2, -0.15) is 0 Å². The standard InChI is InChI=1S/C31H38N8O3/c1-19-8-10-21(11-9-19)17-39-26-25(23-14-20(2)15-32-16-23)33-28(29-36-31(40)42-37-29)34-27(26)35-30(39)38-12-13-41-18-24(38)22-6-4-3-5-7-22/h3-7,14-16,19,21,24,30-31,40H,8-13,17-18H2,1-2H3,(H,36,37)(H,33,34,35)/t19?,21?,24-,30?,31+/m0/s1. The number of anilines is 2. The van der Waals surface area contributed by atoms with E-state index in [0.717, 1.165) is 47.3 Å². The van der Waals surface area contributed by atoms with Crippen molar-refractivity contribution >= 4 is 17.3 Å². The molecule has 2 aromatic heterocycles. The zero-order chi connectivity index (χ0) is 28.6. The van der Waals surface area contributed by atoms with Gasteiger partial charge >= 0.3 is 0 Å². The van der Waals surface area contributed by atoms with Crippen LogP contribution in [-0.4, -0.2) is 69.8 Å². The summed E-state index contributed by atoms with van der Waals surface area (Å²) in [5, 5.41) is 13.7. The van der Waals surface area contributed by atoms with Gasteiger partial charge in [0.25, 0.3) is 6.41 Å². The zero-order valence-electron chi connectivity index (χ0n) is 24.1. The van der Waals surface area contributed by atoms with Gasteiger partial charge < -0.3 is 20.1 Å². The van der Waals surface area contributed by atoms with Gasteiger partial charge in [0, 0.05) is 31.0 Å². The van der Waals surface area contributed by atoms with Crippen molar-refractivity contribution in [1.82, 2.24) is 25.3 Å². The highest BCUT2D eigenvalue weighted by atomic mass is 16.7. The summed E-state index contributed by atoms with van der Waals surface area (Å²) in [7, 11) is 0. The van der Waals surface area contributed by atoms with E-state index in [9.17, 15) is 5.11 Å². The molecule has 3 N–H and O–H groups in total. The molecule has 1 aromatic carbocycles. The number of pyridine rings is 1. The summed E-state index contributed by atoms with van der Waals surface area (Å²) in [5.41, 5.74) is 7.60. The van der Waals surface area contributed by atoms with E-state index < -0.39 is 6.41 Å². The molecule has 0 amide bonds. The molecule has 0 radical (unpaired) electrons. The van der Waals surface area contributed by atoms with Crippen molar-refractivity contribution < 1.29 is 14.7 Å². The molecule has 0 bridgehead atoms. The smallest absolute Gasteiger partial charge is 0.280 e. The van der Waals surface area contributed by atoms with Crippen LogP contribution >= 0.6 is 0 Å². The number of morpholine rings is 1. The molecular weight excluding hydrogens is 532 g/mol. The lowest BCUT2D eigenvalue weighted by molar-refractivity contribution is -0.102. The monoisotopic (exact) mass is 570 g/mol. The summed E-state index contributed by atoms with van der Waals surface area (Å²) in [6.07, 6.45) is 7.18. The molecule has 5 heterocycles. The molecule has 4 aliphatic rings. The minimum atomic E-state index is -1.30. The van der Waals surface area contributed by atoms with Crippen LogP contribution < -0.4 is 15.7 Å². The Morgan fingerprint density at radius 2 is 1.90 bits per heavy atom. The Kier molecular flexibility index (Phi) is 7.49. The van der Waals surface area contributed by atoms with E-state index >= 15 is 0 Å². The third kappa shape index (κ3) is 5.33. The number of aromatic nitrogens is 3. The zero-order valence-corrected chi connectivity index (χ0v) is 24.1. The van der Waals surface area contributed by atoms with Gasteiger partial charge in [0.05, 0.1) is 19.3 Å². The highest BCUT2D eigenvalue weighted by Gasteiger charge is 2.43. The Morgan fingerprint density at radius 3 is 2.67 bits per heavy atom. The first-order chi connectivity index (χ1) is 20.5. The van der Waals surface area contributed by atoms with E-state index in [4.69, 9.17) is 19.5 Å². The van der Waals surface area contributed by atoms with Crippen molar-refractivity contribution in [1.29, 1.82) is 0 Å². The molecule has 3 aliphatic heterocycles. The molecule has 1 unspecified atom stereocenters. The quantitative estimate of drug-likeness (QED) is 0.403. The second kappa shape index (κ2) is 11.6. The van der Waals surface area contributed by atoms with Crippen molar-refractivity contribution in [3.05, 3.63) is 65.7 Å². The van der Waals surface area contributed by atoms with Gasteiger partial charge in [0.1, 0.15) is 11.4 Å². The number of aliphatic hydroxyl groups excluding tert-OH is 1. The van der Waals surface area contributed by atoms with Crippen LogP contribution in [0.4, 0.5) is 11.5 Å². The number of rotatable bonds is 6. The number of aryl methyl sites for hydroxylation is 1. The van der Waals surface area contributed by atoms with Crippen molar-refractivity contribution in [2.75, 3.05) is 36.5 Å². The highest BCUT2D eigenvalue weighted by Crippen LogP contribution is 2.45. The minimum absolute atomic E-state index is 0.0848. The van der Waals surface area contributed by atoms with Gasteiger partial charge in [0.2, 0.25) is 0 Å². The average molecular weight is 571 g/mol. The van der Waals surface area contributed by atoms with Crippen molar-refractivity contribution in [2.45, 2.75) is 58.3 Å². The second-order valence-corrected chi connectivity index (χ2v) is 11.9. The number of aliphatic hydroxyl groups is 1. The SMILES string of the molecule is Cc1cncc(-c2nc(C3=N[C@H](O)ON3)nc3c2N(CC2CCC(C)CC2)C(N2CCOC[C@H]2c2ccccc2)N3)c1. The minimum Gasteiger partial charge on any atom is -0.378 e. The topological polar surface area (TPSA) is 120 Å². The van der Waals surface area contributed by atoms with Crippen LogP contribution in [0.1, 0.15) is 55.6 Å².